The average Bonchev–Trinajstić information content (AvgIpc) is 3.40. The minimum absolute atomic E-state index is 0.00513. The summed E-state index contributed by atoms with van der Waals surface area (Å²) in [6.45, 7) is 5.69. The molecule has 2 aromatic carbocycles. The zero-order valence-corrected chi connectivity index (χ0v) is 21.2. The molecule has 4 rings (SSSR count). The first kappa shape index (κ1) is 25.9. The van der Waals surface area contributed by atoms with Crippen LogP contribution in [0.1, 0.15) is 71.8 Å². The molecule has 0 spiro atoms. The molecule has 2 atom stereocenters. The first-order valence-corrected chi connectivity index (χ1v) is 12.7. The van der Waals surface area contributed by atoms with Crippen molar-refractivity contribution in [2.75, 3.05) is 13.1 Å². The van der Waals surface area contributed by atoms with Crippen LogP contribution in [0.25, 0.3) is 0 Å². The molecule has 1 unspecified atom stereocenters. The summed E-state index contributed by atoms with van der Waals surface area (Å²) in [6.07, 6.45) is 4.68. The highest BCUT2D eigenvalue weighted by Crippen LogP contribution is 2.32. The Kier molecular flexibility index (Phi) is 8.51. The van der Waals surface area contributed by atoms with E-state index in [-0.39, 0.29) is 24.1 Å². The predicted molar refractivity (Wildman–Crippen MR) is 141 cm³/mol. The summed E-state index contributed by atoms with van der Waals surface area (Å²) in [5, 5.41) is 21.4. The largest absolute Gasteiger partial charge is 0.474 e. The van der Waals surface area contributed by atoms with Crippen LogP contribution in [0, 0.1) is 22.7 Å². The Morgan fingerprint density at radius 2 is 1.62 bits per heavy atom. The lowest BCUT2D eigenvalue weighted by molar-refractivity contribution is 0.0937. The summed E-state index contributed by atoms with van der Waals surface area (Å²) in [6, 6.07) is 22.5. The minimum Gasteiger partial charge on any atom is -0.474 e. The van der Waals surface area contributed by atoms with Crippen molar-refractivity contribution in [2.45, 2.75) is 51.3 Å². The van der Waals surface area contributed by atoms with Gasteiger partial charge in [-0.05, 0) is 66.8 Å². The van der Waals surface area contributed by atoms with Gasteiger partial charge in [0.05, 0.1) is 35.4 Å². The number of amides is 1. The third kappa shape index (κ3) is 6.33. The fourth-order valence-corrected chi connectivity index (χ4v) is 4.71. The molecule has 0 aliphatic carbocycles. The monoisotopic (exact) mass is 493 g/mol. The van der Waals surface area contributed by atoms with Crippen molar-refractivity contribution in [3.8, 4) is 18.0 Å². The van der Waals surface area contributed by atoms with Crippen LogP contribution < -0.4 is 10.1 Å². The summed E-state index contributed by atoms with van der Waals surface area (Å²) in [5.41, 5.74) is 3.77. The summed E-state index contributed by atoms with van der Waals surface area (Å²) in [7, 11) is 0. The highest BCUT2D eigenvalue weighted by molar-refractivity contribution is 5.94. The third-order valence-electron chi connectivity index (χ3n) is 6.82. The number of nitriles is 2. The number of carbonyl (C=O) groups excluding carboxylic acids is 1. The van der Waals surface area contributed by atoms with Crippen LogP contribution in [0.4, 0.5) is 0 Å². The Morgan fingerprint density at radius 3 is 2.19 bits per heavy atom. The molecule has 3 aromatic rings. The number of ether oxygens (including phenoxy) is 1. The Bertz CT molecular complexity index is 1270. The van der Waals surface area contributed by atoms with Gasteiger partial charge in [0.2, 0.25) is 5.88 Å². The predicted octanol–water partition coefficient (Wildman–Crippen LogP) is 4.99. The van der Waals surface area contributed by atoms with Gasteiger partial charge in [0.1, 0.15) is 0 Å². The van der Waals surface area contributed by atoms with Crippen LogP contribution in [0.3, 0.4) is 0 Å². The van der Waals surface area contributed by atoms with Crippen molar-refractivity contribution in [1.82, 2.24) is 15.2 Å². The maximum Gasteiger partial charge on any atom is 0.251 e. The Labute approximate surface area is 218 Å². The van der Waals surface area contributed by atoms with Gasteiger partial charge in [-0.2, -0.15) is 10.5 Å². The number of benzene rings is 2. The SMILES string of the molecule is CCC(CC)Oc1ccc(C(c2ccc(C#N)cc2)N2CC[C@@H](NC(=O)c3ccc(C#N)cc3)C2)cn1. The molecule has 188 valence electrons. The molecule has 37 heavy (non-hydrogen) atoms. The van der Waals surface area contributed by atoms with Crippen molar-refractivity contribution in [3.63, 3.8) is 0 Å². The summed E-state index contributed by atoms with van der Waals surface area (Å²) in [4.78, 5) is 19.7. The molecule has 1 fully saturated rings. The third-order valence-corrected chi connectivity index (χ3v) is 6.82. The smallest absolute Gasteiger partial charge is 0.251 e. The van der Waals surface area contributed by atoms with Gasteiger partial charge in [-0.25, -0.2) is 4.98 Å². The fraction of sp³-hybridized carbons (Fsp3) is 0.333. The second kappa shape index (κ2) is 12.2. The van der Waals surface area contributed by atoms with E-state index in [1.807, 2.05) is 36.5 Å². The molecule has 0 saturated carbocycles. The number of nitrogens with one attached hydrogen (secondary N) is 1. The van der Waals surface area contributed by atoms with E-state index in [4.69, 9.17) is 10.00 Å². The van der Waals surface area contributed by atoms with Crippen LogP contribution in [-0.2, 0) is 0 Å². The van der Waals surface area contributed by atoms with Gasteiger partial charge in [0.15, 0.2) is 0 Å². The van der Waals surface area contributed by atoms with Gasteiger partial charge in [0.25, 0.3) is 5.91 Å². The van der Waals surface area contributed by atoms with E-state index in [1.165, 1.54) is 0 Å². The van der Waals surface area contributed by atoms with Crippen molar-refractivity contribution >= 4 is 5.91 Å². The van der Waals surface area contributed by atoms with Crippen LogP contribution in [0.15, 0.2) is 66.9 Å². The van der Waals surface area contributed by atoms with E-state index < -0.39 is 0 Å². The van der Waals surface area contributed by atoms with Crippen LogP contribution >= 0.6 is 0 Å². The van der Waals surface area contributed by atoms with Gasteiger partial charge in [-0.3, -0.25) is 9.69 Å². The Hall–Kier alpha value is -4.20. The lowest BCUT2D eigenvalue weighted by Crippen LogP contribution is -2.38. The molecule has 1 aliphatic heterocycles. The molecular formula is C30H31N5O2. The van der Waals surface area contributed by atoms with Crippen molar-refractivity contribution in [3.05, 3.63) is 94.7 Å². The van der Waals surface area contributed by atoms with Gasteiger partial charge in [-0.15, -0.1) is 0 Å². The number of rotatable bonds is 9. The molecule has 0 radical (unpaired) electrons. The van der Waals surface area contributed by atoms with E-state index in [2.05, 4.69) is 47.3 Å². The van der Waals surface area contributed by atoms with Crippen LogP contribution in [-0.4, -0.2) is 41.0 Å². The van der Waals surface area contributed by atoms with Gasteiger partial charge < -0.3 is 10.1 Å². The highest BCUT2D eigenvalue weighted by Gasteiger charge is 2.31. The van der Waals surface area contributed by atoms with E-state index in [0.29, 0.717) is 29.1 Å². The molecule has 1 aliphatic rings. The van der Waals surface area contributed by atoms with E-state index in [9.17, 15) is 10.1 Å². The molecule has 0 bridgehead atoms. The number of hydrogen-bond donors (Lipinski definition) is 1. The molecule has 1 saturated heterocycles. The standard InChI is InChI=1S/C30H31N5O2/c1-3-27(4-2)37-28-14-13-25(19-33-28)29(23-9-5-21(17-31)6-10-23)35-16-15-26(20-35)34-30(36)24-11-7-22(18-32)8-12-24/h5-14,19,26-27,29H,3-4,15-16,20H2,1-2H3,(H,34,36)/t26-,29?/m1/s1. The van der Waals surface area contributed by atoms with Crippen LogP contribution in [0.5, 0.6) is 5.88 Å². The number of hydrogen-bond acceptors (Lipinski definition) is 6. The topological polar surface area (TPSA) is 102 Å². The maximum absolute atomic E-state index is 12.8. The highest BCUT2D eigenvalue weighted by atomic mass is 16.5. The van der Waals surface area contributed by atoms with Gasteiger partial charge in [0, 0.05) is 37.0 Å². The van der Waals surface area contributed by atoms with E-state index in [1.54, 1.807) is 24.3 Å². The molecule has 1 aromatic heterocycles. The molecule has 7 heteroatoms. The summed E-state index contributed by atoms with van der Waals surface area (Å²) < 4.78 is 6.00. The maximum atomic E-state index is 12.8. The number of pyridine rings is 1. The fourth-order valence-electron chi connectivity index (χ4n) is 4.71. The zero-order chi connectivity index (χ0) is 26.2. The summed E-state index contributed by atoms with van der Waals surface area (Å²) >= 11 is 0. The summed E-state index contributed by atoms with van der Waals surface area (Å²) in [5.74, 6) is 0.473. The molecular weight excluding hydrogens is 462 g/mol. The second-order valence-electron chi connectivity index (χ2n) is 9.27. The van der Waals surface area contributed by atoms with Crippen molar-refractivity contribution < 1.29 is 9.53 Å². The number of carbonyl (C=O) groups is 1. The molecule has 2 heterocycles. The first-order valence-electron chi connectivity index (χ1n) is 12.7. The molecule has 1 amide bonds. The molecule has 7 nitrogen and oxygen atoms in total. The average molecular weight is 494 g/mol. The Morgan fingerprint density at radius 1 is 1.00 bits per heavy atom. The van der Waals surface area contributed by atoms with Gasteiger partial charge >= 0.3 is 0 Å². The second-order valence-corrected chi connectivity index (χ2v) is 9.27. The zero-order valence-electron chi connectivity index (χ0n) is 21.2. The molecule has 1 N–H and O–H groups in total. The van der Waals surface area contributed by atoms with Crippen molar-refractivity contribution in [2.24, 2.45) is 0 Å². The lowest BCUT2D eigenvalue weighted by Gasteiger charge is -2.29. The van der Waals surface area contributed by atoms with E-state index in [0.717, 1.165) is 36.9 Å². The van der Waals surface area contributed by atoms with Crippen LogP contribution in [0.2, 0.25) is 0 Å². The number of aromatic nitrogens is 1. The quantitative estimate of drug-likeness (QED) is 0.451. The number of nitrogens with zero attached hydrogens (tertiary/aromatic N) is 4. The van der Waals surface area contributed by atoms with E-state index >= 15 is 0 Å². The number of likely N-dealkylation sites (tertiary alicyclic amines) is 1. The normalized spacial score (nSPS) is 16.1. The van der Waals surface area contributed by atoms with Crippen molar-refractivity contribution in [1.29, 1.82) is 10.5 Å². The van der Waals surface area contributed by atoms with Gasteiger partial charge in [-0.1, -0.05) is 32.0 Å². The Balaban J connectivity index is 1.52. The lowest BCUT2D eigenvalue weighted by atomic mass is 9.97. The first-order chi connectivity index (χ1) is 18.0. The minimum atomic E-state index is -0.143.